The van der Waals surface area contributed by atoms with Crippen LogP contribution in [-0.4, -0.2) is 31.2 Å². The van der Waals surface area contributed by atoms with E-state index in [1.54, 1.807) is 4.57 Å². The number of halogens is 1. The molecular formula is C10H12FN5O2. The van der Waals surface area contributed by atoms with Gasteiger partial charge in [0.1, 0.15) is 0 Å². The van der Waals surface area contributed by atoms with E-state index >= 15 is 0 Å². The molecule has 2 aromatic rings. The number of nitrogens with two attached hydrogens (primary N) is 1. The molecule has 7 nitrogen and oxygen atoms in total. The third kappa shape index (κ3) is 2.23. The summed E-state index contributed by atoms with van der Waals surface area (Å²) < 4.78 is 13.9. The minimum atomic E-state index is -0.417. The van der Waals surface area contributed by atoms with E-state index in [1.165, 1.54) is 6.33 Å². The van der Waals surface area contributed by atoms with Crippen LogP contribution in [0.1, 0.15) is 6.42 Å². The molecule has 0 bridgehead atoms. The average molecular weight is 253 g/mol. The van der Waals surface area contributed by atoms with Crippen LogP contribution in [0, 0.1) is 0 Å². The van der Waals surface area contributed by atoms with Crippen molar-refractivity contribution in [2.24, 2.45) is 0 Å². The summed E-state index contributed by atoms with van der Waals surface area (Å²) in [7, 11) is 0. The van der Waals surface area contributed by atoms with Crippen molar-refractivity contribution in [2.75, 3.05) is 12.3 Å². The van der Waals surface area contributed by atoms with Crippen LogP contribution in [-0.2, 0) is 6.54 Å². The highest BCUT2D eigenvalue weighted by atomic mass is 19.1. The van der Waals surface area contributed by atoms with E-state index in [0.717, 1.165) is 0 Å². The summed E-state index contributed by atoms with van der Waals surface area (Å²) >= 11 is 0. The monoisotopic (exact) mass is 253 g/mol. The average Bonchev–Trinajstić information content (AvgIpc) is 2.74. The number of nitrogens with one attached hydrogen (secondary N) is 1. The maximum absolute atomic E-state index is 12.3. The lowest BCUT2D eigenvalue weighted by Crippen LogP contribution is -2.12. The molecule has 0 aromatic carbocycles. The first kappa shape index (κ1) is 12.2. The summed E-state index contributed by atoms with van der Waals surface area (Å²) in [4.78, 5) is 21.7. The largest absolute Gasteiger partial charge is 0.392 e. The van der Waals surface area contributed by atoms with Crippen LogP contribution in [0.25, 0.3) is 11.2 Å². The van der Waals surface area contributed by atoms with E-state index in [9.17, 15) is 9.18 Å². The highest BCUT2D eigenvalue weighted by Gasteiger charge is 2.09. The van der Waals surface area contributed by atoms with E-state index in [0.29, 0.717) is 24.9 Å². The lowest BCUT2D eigenvalue weighted by Gasteiger charge is -2.04. The van der Waals surface area contributed by atoms with Crippen molar-refractivity contribution in [2.45, 2.75) is 13.0 Å². The summed E-state index contributed by atoms with van der Waals surface area (Å²) in [6.07, 6.45) is 2.10. The van der Waals surface area contributed by atoms with Crippen LogP contribution in [0.15, 0.2) is 23.0 Å². The molecule has 8 heteroatoms. The topological polar surface area (TPSA) is 110 Å². The molecule has 0 fully saturated rings. The van der Waals surface area contributed by atoms with Gasteiger partial charge in [0.25, 0.3) is 5.56 Å². The van der Waals surface area contributed by atoms with E-state index in [4.69, 9.17) is 10.8 Å². The lowest BCUT2D eigenvalue weighted by molar-refractivity contribution is 0.322. The van der Waals surface area contributed by atoms with Crippen molar-refractivity contribution in [1.29, 1.82) is 0 Å². The molecule has 2 rings (SSSR count). The molecule has 0 saturated carbocycles. The molecule has 0 aliphatic rings. The van der Waals surface area contributed by atoms with Crippen LogP contribution in [0.2, 0.25) is 0 Å². The van der Waals surface area contributed by atoms with Crippen molar-refractivity contribution in [1.82, 2.24) is 19.5 Å². The molecule has 0 amide bonds. The van der Waals surface area contributed by atoms with E-state index in [1.807, 2.05) is 0 Å². The second-order valence-corrected chi connectivity index (χ2v) is 3.74. The number of fused-ring (bicyclic) bond motifs is 1. The molecule has 2 heterocycles. The van der Waals surface area contributed by atoms with Crippen molar-refractivity contribution in [3.05, 3.63) is 28.6 Å². The zero-order chi connectivity index (χ0) is 13.1. The minimum Gasteiger partial charge on any atom is -0.392 e. The van der Waals surface area contributed by atoms with Crippen molar-refractivity contribution < 1.29 is 9.50 Å². The second kappa shape index (κ2) is 4.96. The SMILES string of the molecule is Nc1nc2c(ncn2CC/C(=C\F)CO)c(=O)[nH]1. The normalized spacial score (nSPS) is 12.2. The first-order valence-electron chi connectivity index (χ1n) is 5.25. The standard InChI is InChI=1S/C10H12FN5O2/c11-3-6(4-17)1-2-16-5-13-7-8(16)14-10(12)15-9(7)18/h3,5,17H,1-2,4H2,(H3,12,14,15,18)/b6-3+. The molecule has 0 spiro atoms. The number of aliphatic hydroxyl groups is 1. The predicted octanol–water partition coefficient (Wildman–Crippen LogP) is -0.0624. The molecule has 0 aliphatic heterocycles. The Labute approximate surface area is 101 Å². The van der Waals surface area contributed by atoms with Gasteiger partial charge in [0.2, 0.25) is 5.95 Å². The molecule has 0 aliphatic carbocycles. The number of aromatic amines is 1. The quantitative estimate of drug-likeness (QED) is 0.707. The Balaban J connectivity index is 2.32. The number of nitrogen functional groups attached to an aromatic ring is 1. The van der Waals surface area contributed by atoms with Gasteiger partial charge in [0.15, 0.2) is 11.2 Å². The third-order valence-corrected chi connectivity index (χ3v) is 2.52. The number of anilines is 1. The number of aliphatic hydroxyl groups excluding tert-OH is 1. The van der Waals surface area contributed by atoms with Gasteiger partial charge in [-0.2, -0.15) is 4.98 Å². The van der Waals surface area contributed by atoms with Gasteiger partial charge in [-0.1, -0.05) is 0 Å². The van der Waals surface area contributed by atoms with E-state index in [-0.39, 0.29) is 23.6 Å². The van der Waals surface area contributed by atoms with Gasteiger partial charge in [0.05, 0.1) is 19.3 Å². The lowest BCUT2D eigenvalue weighted by atomic mass is 10.2. The number of hydrogen-bond acceptors (Lipinski definition) is 5. The number of hydrogen-bond donors (Lipinski definition) is 3. The van der Waals surface area contributed by atoms with E-state index in [2.05, 4.69) is 15.0 Å². The minimum absolute atomic E-state index is 0.00216. The van der Waals surface area contributed by atoms with Gasteiger partial charge >= 0.3 is 0 Å². The summed E-state index contributed by atoms with van der Waals surface area (Å²) in [5.74, 6) is -0.00216. The number of nitrogens with zero attached hydrogens (tertiary/aromatic N) is 3. The fraction of sp³-hybridized carbons (Fsp3) is 0.300. The first-order valence-corrected chi connectivity index (χ1v) is 5.25. The maximum Gasteiger partial charge on any atom is 0.280 e. The fourth-order valence-electron chi connectivity index (χ4n) is 1.57. The van der Waals surface area contributed by atoms with Gasteiger partial charge in [-0.3, -0.25) is 9.78 Å². The van der Waals surface area contributed by atoms with Gasteiger partial charge in [-0.15, -0.1) is 0 Å². The van der Waals surface area contributed by atoms with Crippen molar-refractivity contribution in [3.8, 4) is 0 Å². The predicted molar refractivity (Wildman–Crippen MR) is 63.5 cm³/mol. The summed E-state index contributed by atoms with van der Waals surface area (Å²) in [5, 5.41) is 8.83. The number of imidazole rings is 1. The van der Waals surface area contributed by atoms with Crippen molar-refractivity contribution in [3.63, 3.8) is 0 Å². The van der Waals surface area contributed by atoms with Crippen LogP contribution < -0.4 is 11.3 Å². The second-order valence-electron chi connectivity index (χ2n) is 3.74. The summed E-state index contributed by atoms with van der Waals surface area (Å²) in [6, 6.07) is 0. The summed E-state index contributed by atoms with van der Waals surface area (Å²) in [6.45, 7) is 0.00197. The highest BCUT2D eigenvalue weighted by molar-refractivity contribution is 5.70. The van der Waals surface area contributed by atoms with E-state index < -0.39 is 5.56 Å². The molecule has 0 radical (unpaired) electrons. The zero-order valence-corrected chi connectivity index (χ0v) is 9.43. The third-order valence-electron chi connectivity index (χ3n) is 2.52. The van der Waals surface area contributed by atoms with Crippen LogP contribution in [0.3, 0.4) is 0 Å². The van der Waals surface area contributed by atoms with Crippen LogP contribution in [0.5, 0.6) is 0 Å². The van der Waals surface area contributed by atoms with Gasteiger partial charge in [-0.05, 0) is 12.0 Å². The Bertz CT molecular complexity index is 645. The van der Waals surface area contributed by atoms with Crippen molar-refractivity contribution >= 4 is 17.1 Å². The fourth-order valence-corrected chi connectivity index (χ4v) is 1.57. The first-order chi connectivity index (χ1) is 8.65. The molecule has 2 aromatic heterocycles. The Morgan fingerprint density at radius 2 is 2.44 bits per heavy atom. The molecule has 0 unspecified atom stereocenters. The van der Waals surface area contributed by atoms with Crippen LogP contribution in [0.4, 0.5) is 10.3 Å². The maximum atomic E-state index is 12.3. The van der Waals surface area contributed by atoms with Gasteiger partial charge in [0, 0.05) is 6.54 Å². The molecule has 96 valence electrons. The van der Waals surface area contributed by atoms with Gasteiger partial charge < -0.3 is 15.4 Å². The zero-order valence-electron chi connectivity index (χ0n) is 9.43. The molecule has 4 N–H and O–H groups in total. The molecule has 0 atom stereocenters. The molecular weight excluding hydrogens is 241 g/mol. The Hall–Kier alpha value is -2.22. The van der Waals surface area contributed by atoms with Gasteiger partial charge in [-0.25, -0.2) is 9.37 Å². The number of aryl methyl sites for hydroxylation is 1. The highest BCUT2D eigenvalue weighted by Crippen LogP contribution is 2.10. The molecule has 18 heavy (non-hydrogen) atoms. The number of H-pyrrole nitrogens is 1. The summed E-state index contributed by atoms with van der Waals surface area (Å²) in [5.41, 5.74) is 5.80. The number of rotatable bonds is 4. The Kier molecular flexibility index (Phi) is 3.38. The number of aromatic nitrogens is 4. The smallest absolute Gasteiger partial charge is 0.280 e. The van der Waals surface area contributed by atoms with Crippen LogP contribution >= 0.6 is 0 Å². The Morgan fingerprint density at radius 1 is 1.67 bits per heavy atom. The Morgan fingerprint density at radius 3 is 3.11 bits per heavy atom. The molecule has 0 saturated heterocycles.